The van der Waals surface area contributed by atoms with Gasteiger partial charge in [-0.2, -0.15) is 0 Å². The van der Waals surface area contributed by atoms with Crippen LogP contribution in [0.4, 0.5) is 5.69 Å². The molecule has 4 heteroatoms. The molecule has 0 aliphatic rings. The highest BCUT2D eigenvalue weighted by Gasteiger charge is 2.09. The van der Waals surface area contributed by atoms with Crippen molar-refractivity contribution in [2.45, 2.75) is 19.8 Å². The van der Waals surface area contributed by atoms with Crippen LogP contribution in [0.1, 0.15) is 35.8 Å². The molecule has 0 unspecified atom stereocenters. The summed E-state index contributed by atoms with van der Waals surface area (Å²) in [6.45, 7) is 4.27. The summed E-state index contributed by atoms with van der Waals surface area (Å²) in [6.07, 6.45) is 1.50. The number of fused-ring (bicyclic) bond motifs is 1. The number of carbonyl (C=O) groups excluding carboxylic acids is 1. The summed E-state index contributed by atoms with van der Waals surface area (Å²) < 4.78 is 0. The Labute approximate surface area is 129 Å². The average molecular weight is 291 g/mol. The molecular formula is C18H17N3O. The molecule has 0 radical (unpaired) electrons. The molecule has 0 saturated carbocycles. The number of carbonyl (C=O) groups is 1. The molecule has 0 saturated heterocycles. The third-order valence-electron chi connectivity index (χ3n) is 3.52. The Hall–Kier alpha value is -2.75. The molecule has 22 heavy (non-hydrogen) atoms. The molecule has 3 aromatic rings. The first-order chi connectivity index (χ1) is 10.6. The number of anilines is 1. The van der Waals surface area contributed by atoms with Crippen LogP contribution in [-0.2, 0) is 0 Å². The molecule has 4 nitrogen and oxygen atoms in total. The van der Waals surface area contributed by atoms with Gasteiger partial charge in [0.2, 0.25) is 0 Å². The lowest BCUT2D eigenvalue weighted by Crippen LogP contribution is -2.14. The molecule has 1 aromatic heterocycles. The van der Waals surface area contributed by atoms with Crippen molar-refractivity contribution in [3.63, 3.8) is 0 Å². The van der Waals surface area contributed by atoms with Gasteiger partial charge in [0, 0.05) is 5.69 Å². The minimum Gasteiger partial charge on any atom is -0.321 e. The number of nitrogens with one attached hydrogen (secondary N) is 1. The SMILES string of the molecule is CC(C)c1ccc(NC(=O)c2cnc3ccccc3n2)cc1. The van der Waals surface area contributed by atoms with Gasteiger partial charge in [-0.05, 0) is 35.7 Å². The molecule has 2 aromatic carbocycles. The Bertz CT molecular complexity index is 810. The summed E-state index contributed by atoms with van der Waals surface area (Å²) in [5, 5.41) is 2.85. The quantitative estimate of drug-likeness (QED) is 0.793. The maximum atomic E-state index is 12.3. The van der Waals surface area contributed by atoms with Crippen molar-refractivity contribution in [2.75, 3.05) is 5.32 Å². The van der Waals surface area contributed by atoms with Crippen LogP contribution in [0.3, 0.4) is 0 Å². The van der Waals surface area contributed by atoms with Crippen molar-refractivity contribution < 1.29 is 4.79 Å². The van der Waals surface area contributed by atoms with Crippen LogP contribution in [-0.4, -0.2) is 15.9 Å². The van der Waals surface area contributed by atoms with Crippen molar-refractivity contribution in [2.24, 2.45) is 0 Å². The van der Waals surface area contributed by atoms with Gasteiger partial charge in [0.15, 0.2) is 0 Å². The van der Waals surface area contributed by atoms with Crippen LogP contribution < -0.4 is 5.32 Å². The van der Waals surface area contributed by atoms with E-state index in [1.165, 1.54) is 11.8 Å². The first-order valence-corrected chi connectivity index (χ1v) is 7.26. The third-order valence-corrected chi connectivity index (χ3v) is 3.52. The van der Waals surface area contributed by atoms with E-state index in [0.29, 0.717) is 17.1 Å². The molecule has 0 fully saturated rings. The van der Waals surface area contributed by atoms with Gasteiger partial charge in [0.25, 0.3) is 5.91 Å². The molecule has 0 bridgehead atoms. The minimum atomic E-state index is -0.254. The third kappa shape index (κ3) is 2.96. The minimum absolute atomic E-state index is 0.254. The standard InChI is InChI=1S/C18H17N3O/c1-12(2)13-7-9-14(10-8-13)20-18(22)17-11-19-15-5-3-4-6-16(15)21-17/h3-12H,1-2H3,(H,20,22). The Morgan fingerprint density at radius 2 is 1.68 bits per heavy atom. The average Bonchev–Trinajstić information content (AvgIpc) is 2.55. The number of para-hydroxylation sites is 2. The van der Waals surface area contributed by atoms with E-state index in [-0.39, 0.29) is 5.91 Å². The van der Waals surface area contributed by atoms with Gasteiger partial charge in [0.05, 0.1) is 17.2 Å². The van der Waals surface area contributed by atoms with Gasteiger partial charge in [-0.15, -0.1) is 0 Å². The van der Waals surface area contributed by atoms with E-state index in [9.17, 15) is 4.79 Å². The highest BCUT2D eigenvalue weighted by atomic mass is 16.1. The molecule has 0 spiro atoms. The first kappa shape index (κ1) is 14.2. The number of aromatic nitrogens is 2. The van der Waals surface area contributed by atoms with Crippen molar-refractivity contribution in [3.8, 4) is 0 Å². The summed E-state index contributed by atoms with van der Waals surface area (Å²) in [5.41, 5.74) is 3.80. The molecule has 0 atom stereocenters. The number of amides is 1. The van der Waals surface area contributed by atoms with E-state index in [1.807, 2.05) is 48.5 Å². The van der Waals surface area contributed by atoms with Gasteiger partial charge in [-0.3, -0.25) is 9.78 Å². The maximum absolute atomic E-state index is 12.3. The monoisotopic (exact) mass is 291 g/mol. The van der Waals surface area contributed by atoms with Crippen molar-refractivity contribution in [1.82, 2.24) is 9.97 Å². The van der Waals surface area contributed by atoms with Crippen LogP contribution in [0.5, 0.6) is 0 Å². The summed E-state index contributed by atoms with van der Waals surface area (Å²) in [5.74, 6) is 0.214. The van der Waals surface area contributed by atoms with Crippen molar-refractivity contribution in [1.29, 1.82) is 0 Å². The Balaban J connectivity index is 1.80. The molecule has 3 rings (SSSR count). The van der Waals surface area contributed by atoms with Gasteiger partial charge >= 0.3 is 0 Å². The first-order valence-electron chi connectivity index (χ1n) is 7.26. The summed E-state index contributed by atoms with van der Waals surface area (Å²) >= 11 is 0. The molecule has 110 valence electrons. The largest absolute Gasteiger partial charge is 0.321 e. The Kier molecular flexibility index (Phi) is 3.83. The fourth-order valence-electron chi connectivity index (χ4n) is 2.21. The zero-order valence-electron chi connectivity index (χ0n) is 12.6. The summed E-state index contributed by atoms with van der Waals surface area (Å²) in [7, 11) is 0. The maximum Gasteiger partial charge on any atom is 0.275 e. The predicted molar refractivity (Wildman–Crippen MR) is 88.0 cm³/mol. The highest BCUT2D eigenvalue weighted by Crippen LogP contribution is 2.17. The number of hydrogen-bond donors (Lipinski definition) is 1. The lowest BCUT2D eigenvalue weighted by atomic mass is 10.0. The van der Waals surface area contributed by atoms with E-state index in [1.54, 1.807) is 0 Å². The van der Waals surface area contributed by atoms with Gasteiger partial charge in [-0.1, -0.05) is 38.1 Å². The Morgan fingerprint density at radius 3 is 2.36 bits per heavy atom. The van der Waals surface area contributed by atoms with Gasteiger partial charge in [-0.25, -0.2) is 4.98 Å². The van der Waals surface area contributed by atoms with Crippen LogP contribution >= 0.6 is 0 Å². The van der Waals surface area contributed by atoms with Crippen LogP contribution in [0.25, 0.3) is 11.0 Å². The molecule has 1 heterocycles. The highest BCUT2D eigenvalue weighted by molar-refractivity contribution is 6.03. The van der Waals surface area contributed by atoms with Crippen LogP contribution in [0, 0.1) is 0 Å². The fourth-order valence-corrected chi connectivity index (χ4v) is 2.21. The second kappa shape index (κ2) is 5.93. The topological polar surface area (TPSA) is 54.9 Å². The van der Waals surface area contributed by atoms with Gasteiger partial charge in [0.1, 0.15) is 5.69 Å². The van der Waals surface area contributed by atoms with E-state index >= 15 is 0 Å². The van der Waals surface area contributed by atoms with Crippen molar-refractivity contribution in [3.05, 3.63) is 66.0 Å². The van der Waals surface area contributed by atoms with Crippen LogP contribution in [0.15, 0.2) is 54.7 Å². The number of nitrogens with zero attached hydrogens (tertiary/aromatic N) is 2. The zero-order chi connectivity index (χ0) is 15.5. The smallest absolute Gasteiger partial charge is 0.275 e. The molecule has 0 aliphatic heterocycles. The fraction of sp³-hybridized carbons (Fsp3) is 0.167. The van der Waals surface area contributed by atoms with E-state index < -0.39 is 0 Å². The molecule has 0 aliphatic carbocycles. The molecule has 1 amide bonds. The van der Waals surface area contributed by atoms with Crippen LogP contribution in [0.2, 0.25) is 0 Å². The zero-order valence-corrected chi connectivity index (χ0v) is 12.6. The second-order valence-corrected chi connectivity index (χ2v) is 5.47. The molecule has 1 N–H and O–H groups in total. The summed E-state index contributed by atoms with van der Waals surface area (Å²) in [6, 6.07) is 15.3. The predicted octanol–water partition coefficient (Wildman–Crippen LogP) is 4.01. The number of benzene rings is 2. The lowest BCUT2D eigenvalue weighted by Gasteiger charge is -2.08. The van der Waals surface area contributed by atoms with E-state index in [4.69, 9.17) is 0 Å². The number of hydrogen-bond acceptors (Lipinski definition) is 3. The second-order valence-electron chi connectivity index (χ2n) is 5.47. The van der Waals surface area contributed by atoms with Crippen molar-refractivity contribution >= 4 is 22.6 Å². The van der Waals surface area contributed by atoms with E-state index in [0.717, 1.165) is 11.2 Å². The van der Waals surface area contributed by atoms with Gasteiger partial charge < -0.3 is 5.32 Å². The normalized spacial score (nSPS) is 10.9. The lowest BCUT2D eigenvalue weighted by molar-refractivity contribution is 0.102. The Morgan fingerprint density at radius 1 is 1.00 bits per heavy atom. The molecular weight excluding hydrogens is 274 g/mol. The van der Waals surface area contributed by atoms with E-state index in [2.05, 4.69) is 29.1 Å². The number of rotatable bonds is 3. The summed E-state index contributed by atoms with van der Waals surface area (Å²) in [4.78, 5) is 20.9.